The molecule has 2 rings (SSSR count). The summed E-state index contributed by atoms with van der Waals surface area (Å²) in [6, 6.07) is 7.86. The molecule has 1 unspecified atom stereocenters. The van der Waals surface area contributed by atoms with Crippen molar-refractivity contribution in [3.8, 4) is 0 Å². The largest absolute Gasteiger partial charge is 0.347 e. The quantitative estimate of drug-likeness (QED) is 0.933. The van der Waals surface area contributed by atoms with Crippen LogP contribution in [0.4, 0.5) is 0 Å². The van der Waals surface area contributed by atoms with Crippen LogP contribution in [0.1, 0.15) is 37.7 Å². The van der Waals surface area contributed by atoms with E-state index in [4.69, 9.17) is 11.6 Å². The van der Waals surface area contributed by atoms with E-state index in [-0.39, 0.29) is 18.4 Å². The van der Waals surface area contributed by atoms with Gasteiger partial charge in [0.2, 0.25) is 11.8 Å². The summed E-state index contributed by atoms with van der Waals surface area (Å²) in [5.74, 6) is 0.157. The normalized spacial score (nSPS) is 19.0. The van der Waals surface area contributed by atoms with Crippen molar-refractivity contribution in [2.24, 2.45) is 0 Å². The molecule has 114 valence electrons. The molecule has 0 aliphatic carbocycles. The maximum absolute atomic E-state index is 12.2. The number of carbonyl (C=O) groups is 2. The van der Waals surface area contributed by atoms with Crippen molar-refractivity contribution in [3.63, 3.8) is 0 Å². The zero-order valence-corrected chi connectivity index (χ0v) is 13.0. The molecule has 1 atom stereocenters. The van der Waals surface area contributed by atoms with E-state index in [0.717, 1.165) is 30.8 Å². The standard InChI is InChI=1S/C16H21ClN2O2/c1-12(20)18-10-16(21)19-9-3-2-4-14(11-19)13-5-7-15(17)8-6-13/h5-8,14H,2-4,9-11H2,1H3,(H,18,20). The van der Waals surface area contributed by atoms with Gasteiger partial charge in [-0.25, -0.2) is 0 Å². The zero-order valence-electron chi connectivity index (χ0n) is 12.3. The summed E-state index contributed by atoms with van der Waals surface area (Å²) in [4.78, 5) is 25.0. The van der Waals surface area contributed by atoms with Gasteiger partial charge >= 0.3 is 0 Å². The Morgan fingerprint density at radius 1 is 1.29 bits per heavy atom. The lowest BCUT2D eigenvalue weighted by atomic mass is 9.94. The van der Waals surface area contributed by atoms with Crippen LogP contribution in [0, 0.1) is 0 Å². The highest BCUT2D eigenvalue weighted by Gasteiger charge is 2.23. The average Bonchev–Trinajstić information content (AvgIpc) is 2.71. The van der Waals surface area contributed by atoms with Crippen LogP contribution in [0.15, 0.2) is 24.3 Å². The first kappa shape index (κ1) is 15.8. The van der Waals surface area contributed by atoms with Crippen LogP contribution in [0.5, 0.6) is 0 Å². The Morgan fingerprint density at radius 2 is 2.00 bits per heavy atom. The van der Waals surface area contributed by atoms with Gasteiger partial charge in [0.1, 0.15) is 0 Å². The molecule has 5 heteroatoms. The van der Waals surface area contributed by atoms with Crippen LogP contribution in [0.2, 0.25) is 5.02 Å². The molecule has 4 nitrogen and oxygen atoms in total. The second-order valence-corrected chi connectivity index (χ2v) is 5.93. The summed E-state index contributed by atoms with van der Waals surface area (Å²) in [6.07, 6.45) is 3.19. The van der Waals surface area contributed by atoms with E-state index in [1.54, 1.807) is 0 Å². The third-order valence-corrected chi connectivity index (χ3v) is 4.11. The lowest BCUT2D eigenvalue weighted by Crippen LogP contribution is -2.41. The number of benzene rings is 1. The molecule has 0 saturated carbocycles. The van der Waals surface area contributed by atoms with Gasteiger partial charge in [0.25, 0.3) is 0 Å². The van der Waals surface area contributed by atoms with E-state index in [2.05, 4.69) is 5.32 Å². The zero-order chi connectivity index (χ0) is 15.2. The minimum absolute atomic E-state index is 0.00827. The number of halogens is 1. The summed E-state index contributed by atoms with van der Waals surface area (Å²) < 4.78 is 0. The van der Waals surface area contributed by atoms with Crippen molar-refractivity contribution in [2.75, 3.05) is 19.6 Å². The van der Waals surface area contributed by atoms with Gasteiger partial charge in [0, 0.05) is 31.0 Å². The number of likely N-dealkylation sites (tertiary alicyclic amines) is 1. The van der Waals surface area contributed by atoms with E-state index in [9.17, 15) is 9.59 Å². The van der Waals surface area contributed by atoms with Crippen LogP contribution in [-0.2, 0) is 9.59 Å². The Hall–Kier alpha value is -1.55. The minimum atomic E-state index is -0.174. The number of nitrogens with zero attached hydrogens (tertiary/aromatic N) is 1. The topological polar surface area (TPSA) is 49.4 Å². The molecule has 0 radical (unpaired) electrons. The Bertz CT molecular complexity index is 502. The molecule has 1 aromatic rings. The minimum Gasteiger partial charge on any atom is -0.347 e. The summed E-state index contributed by atoms with van der Waals surface area (Å²) in [6.45, 7) is 2.98. The van der Waals surface area contributed by atoms with Crippen molar-refractivity contribution in [2.45, 2.75) is 32.1 Å². The van der Waals surface area contributed by atoms with Crippen molar-refractivity contribution >= 4 is 23.4 Å². The number of amides is 2. The fourth-order valence-electron chi connectivity index (χ4n) is 2.69. The predicted molar refractivity (Wildman–Crippen MR) is 83.3 cm³/mol. The first-order valence-corrected chi connectivity index (χ1v) is 7.71. The van der Waals surface area contributed by atoms with Gasteiger partial charge in [-0.1, -0.05) is 30.2 Å². The molecule has 1 fully saturated rings. The van der Waals surface area contributed by atoms with Crippen molar-refractivity contribution < 1.29 is 9.59 Å². The molecule has 1 saturated heterocycles. The molecule has 1 N–H and O–H groups in total. The van der Waals surface area contributed by atoms with Gasteiger partial charge in [-0.05, 0) is 30.5 Å². The molecule has 21 heavy (non-hydrogen) atoms. The van der Waals surface area contributed by atoms with E-state index in [0.29, 0.717) is 12.5 Å². The molecular formula is C16H21ClN2O2. The molecule has 1 aliphatic rings. The second kappa shape index (κ2) is 7.46. The summed E-state index contributed by atoms with van der Waals surface area (Å²) in [5.41, 5.74) is 1.22. The van der Waals surface area contributed by atoms with Crippen LogP contribution in [0.25, 0.3) is 0 Å². The fraction of sp³-hybridized carbons (Fsp3) is 0.500. The third kappa shape index (κ3) is 4.74. The Kier molecular flexibility index (Phi) is 5.62. The molecule has 0 spiro atoms. The summed E-state index contributed by atoms with van der Waals surface area (Å²) >= 11 is 5.93. The van der Waals surface area contributed by atoms with Crippen LogP contribution >= 0.6 is 11.6 Å². The Labute approximate surface area is 130 Å². The first-order valence-electron chi connectivity index (χ1n) is 7.34. The number of nitrogens with one attached hydrogen (secondary N) is 1. The van der Waals surface area contributed by atoms with Gasteiger partial charge in [0.15, 0.2) is 0 Å². The van der Waals surface area contributed by atoms with E-state index in [1.165, 1.54) is 12.5 Å². The molecule has 0 bridgehead atoms. The molecule has 2 amide bonds. The van der Waals surface area contributed by atoms with Crippen molar-refractivity contribution in [3.05, 3.63) is 34.9 Å². The highest BCUT2D eigenvalue weighted by atomic mass is 35.5. The molecule has 1 heterocycles. The summed E-state index contributed by atoms with van der Waals surface area (Å²) in [5, 5.41) is 3.31. The van der Waals surface area contributed by atoms with E-state index < -0.39 is 0 Å². The summed E-state index contributed by atoms with van der Waals surface area (Å²) in [7, 11) is 0. The van der Waals surface area contributed by atoms with Crippen LogP contribution < -0.4 is 5.32 Å². The second-order valence-electron chi connectivity index (χ2n) is 5.49. The Balaban J connectivity index is 2.02. The maximum Gasteiger partial charge on any atom is 0.241 e. The molecule has 1 aromatic carbocycles. The SMILES string of the molecule is CC(=O)NCC(=O)N1CCCCC(c2ccc(Cl)cc2)C1. The van der Waals surface area contributed by atoms with Gasteiger partial charge in [-0.3, -0.25) is 9.59 Å². The first-order chi connectivity index (χ1) is 10.1. The number of rotatable bonds is 3. The van der Waals surface area contributed by atoms with Gasteiger partial charge in [-0.15, -0.1) is 0 Å². The van der Waals surface area contributed by atoms with Gasteiger partial charge in [0.05, 0.1) is 6.54 Å². The third-order valence-electron chi connectivity index (χ3n) is 3.85. The number of carbonyl (C=O) groups excluding carboxylic acids is 2. The molecule has 1 aliphatic heterocycles. The van der Waals surface area contributed by atoms with E-state index in [1.807, 2.05) is 29.2 Å². The smallest absolute Gasteiger partial charge is 0.241 e. The predicted octanol–water partition coefficient (Wildman–Crippen LogP) is 2.57. The average molecular weight is 309 g/mol. The highest BCUT2D eigenvalue weighted by Crippen LogP contribution is 2.27. The molecule has 0 aromatic heterocycles. The van der Waals surface area contributed by atoms with Crippen molar-refractivity contribution in [1.82, 2.24) is 10.2 Å². The van der Waals surface area contributed by atoms with E-state index >= 15 is 0 Å². The lowest BCUT2D eigenvalue weighted by Gasteiger charge is -2.25. The number of hydrogen-bond acceptors (Lipinski definition) is 2. The maximum atomic E-state index is 12.2. The Morgan fingerprint density at radius 3 is 2.67 bits per heavy atom. The highest BCUT2D eigenvalue weighted by molar-refractivity contribution is 6.30. The van der Waals surface area contributed by atoms with Gasteiger partial charge < -0.3 is 10.2 Å². The number of hydrogen-bond donors (Lipinski definition) is 1. The van der Waals surface area contributed by atoms with Gasteiger partial charge in [-0.2, -0.15) is 0 Å². The lowest BCUT2D eigenvalue weighted by molar-refractivity contribution is -0.132. The van der Waals surface area contributed by atoms with Crippen LogP contribution in [0.3, 0.4) is 0 Å². The fourth-order valence-corrected chi connectivity index (χ4v) is 2.81. The monoisotopic (exact) mass is 308 g/mol. The van der Waals surface area contributed by atoms with Crippen molar-refractivity contribution in [1.29, 1.82) is 0 Å². The molecular weight excluding hydrogens is 288 g/mol. The van der Waals surface area contributed by atoms with Crippen LogP contribution in [-0.4, -0.2) is 36.3 Å².